The van der Waals surface area contributed by atoms with E-state index in [4.69, 9.17) is 18.9 Å². The number of nitrogens with zero attached hydrogens (tertiary/aromatic N) is 2. The summed E-state index contributed by atoms with van der Waals surface area (Å²) in [7, 11) is 0.136. The van der Waals surface area contributed by atoms with Crippen LogP contribution in [0.15, 0.2) is 97.3 Å². The molecule has 0 N–H and O–H groups in total. The molecule has 45 heavy (non-hydrogen) atoms. The molecule has 4 aromatic carbocycles. The first-order valence-electron chi connectivity index (χ1n) is 13.1. The standard InChI is InChI=1S/C32H28N2O10S/c1-41-23-15-25(21-11-7-5-8-12-21)31(43-3)27(17-23)29(19-33(35)36)45(39,40)30(20-34(37)38)28-18-24(42-2)16-26(32(28)44-4)22-13-9-6-10-14-22/h5-20H,1-4H3/b29-19+,30-20+. The van der Waals surface area contributed by atoms with Crippen molar-refractivity contribution in [2.45, 2.75) is 0 Å². The summed E-state index contributed by atoms with van der Waals surface area (Å²) < 4.78 is 51.3. The van der Waals surface area contributed by atoms with Gasteiger partial charge < -0.3 is 18.9 Å². The fourth-order valence-electron chi connectivity index (χ4n) is 4.79. The Balaban J connectivity index is 2.11. The van der Waals surface area contributed by atoms with E-state index >= 15 is 0 Å². The lowest BCUT2D eigenvalue weighted by Crippen LogP contribution is -2.12. The van der Waals surface area contributed by atoms with Crippen LogP contribution in [0, 0.1) is 20.2 Å². The minimum Gasteiger partial charge on any atom is -0.497 e. The highest BCUT2D eigenvalue weighted by atomic mass is 32.2. The van der Waals surface area contributed by atoms with Gasteiger partial charge in [-0.3, -0.25) is 20.2 Å². The average Bonchev–Trinajstić information content (AvgIpc) is 3.05. The maximum Gasteiger partial charge on any atom is 0.254 e. The normalized spacial score (nSPS) is 11.9. The summed E-state index contributed by atoms with van der Waals surface area (Å²) in [4.78, 5) is 20.3. The second-order valence-electron chi connectivity index (χ2n) is 9.30. The molecular weight excluding hydrogens is 604 g/mol. The van der Waals surface area contributed by atoms with Crippen LogP contribution >= 0.6 is 0 Å². The number of nitro groups is 2. The highest BCUT2D eigenvalue weighted by Gasteiger charge is 2.37. The van der Waals surface area contributed by atoms with Crippen LogP contribution in [-0.2, 0) is 9.84 Å². The number of rotatable bonds is 12. The number of methoxy groups -OCH3 is 4. The molecule has 13 heteroatoms. The van der Waals surface area contributed by atoms with Gasteiger partial charge in [0.2, 0.25) is 9.84 Å². The van der Waals surface area contributed by atoms with Crippen LogP contribution in [0.5, 0.6) is 23.0 Å². The highest BCUT2D eigenvalue weighted by Crippen LogP contribution is 2.47. The summed E-state index contributed by atoms with van der Waals surface area (Å²) in [5.41, 5.74) is 1.40. The third kappa shape index (κ3) is 6.78. The SMILES string of the molecule is COc1cc(/C(=C\[N+](=O)[O-])S(=O)(=O)/C(=C/[N+](=O)[O-])c2cc(OC)cc(-c3ccccc3)c2OC)c(OC)c(-c2ccccc2)c1. The van der Waals surface area contributed by atoms with Gasteiger partial charge in [0.1, 0.15) is 23.0 Å². The van der Waals surface area contributed by atoms with E-state index in [1.54, 1.807) is 72.8 Å². The van der Waals surface area contributed by atoms with Gasteiger partial charge in [-0.2, -0.15) is 0 Å². The second-order valence-corrected chi connectivity index (χ2v) is 11.2. The lowest BCUT2D eigenvalue weighted by atomic mass is 10.00. The van der Waals surface area contributed by atoms with Crippen molar-refractivity contribution in [3.63, 3.8) is 0 Å². The molecule has 0 amide bonds. The maximum atomic E-state index is 14.6. The minimum atomic E-state index is -5.10. The van der Waals surface area contributed by atoms with Crippen molar-refractivity contribution in [1.82, 2.24) is 0 Å². The molecule has 232 valence electrons. The molecule has 0 bridgehead atoms. The molecule has 0 aliphatic rings. The number of hydrogen-bond acceptors (Lipinski definition) is 10. The first kappa shape index (κ1) is 32.2. The van der Waals surface area contributed by atoms with Crippen molar-refractivity contribution < 1.29 is 37.2 Å². The number of sulfone groups is 1. The summed E-state index contributed by atoms with van der Waals surface area (Å²) in [6, 6.07) is 23.1. The van der Waals surface area contributed by atoms with Crippen LogP contribution in [-0.4, -0.2) is 46.7 Å². The van der Waals surface area contributed by atoms with Crippen molar-refractivity contribution in [2.24, 2.45) is 0 Å². The second kappa shape index (κ2) is 13.7. The number of ether oxygens (including phenoxy) is 4. The van der Waals surface area contributed by atoms with Crippen LogP contribution < -0.4 is 18.9 Å². The molecule has 4 aromatic rings. The molecule has 0 aliphatic carbocycles. The van der Waals surface area contributed by atoms with E-state index in [0.717, 1.165) is 0 Å². The first-order valence-corrected chi connectivity index (χ1v) is 14.6. The quantitative estimate of drug-likeness (QED) is 0.128. The fourth-order valence-corrected chi connectivity index (χ4v) is 6.36. The van der Waals surface area contributed by atoms with Gasteiger partial charge in [-0.25, -0.2) is 8.42 Å². The number of hydrogen-bond donors (Lipinski definition) is 0. The zero-order valence-electron chi connectivity index (χ0n) is 24.6. The highest BCUT2D eigenvalue weighted by molar-refractivity contribution is 8.09. The molecule has 0 atom stereocenters. The summed E-state index contributed by atoms with van der Waals surface area (Å²) in [6.07, 6.45) is 0.528. The molecule has 0 aromatic heterocycles. The molecule has 4 rings (SSSR count). The predicted octanol–water partition coefficient (Wildman–Crippen LogP) is 6.32. The first-order chi connectivity index (χ1) is 21.5. The van der Waals surface area contributed by atoms with Crippen molar-refractivity contribution in [1.29, 1.82) is 0 Å². The molecule has 0 saturated heterocycles. The smallest absolute Gasteiger partial charge is 0.254 e. The zero-order chi connectivity index (χ0) is 32.7. The van der Waals surface area contributed by atoms with Crippen LogP contribution in [0.4, 0.5) is 0 Å². The Labute approximate surface area is 259 Å². The fraction of sp³-hybridized carbons (Fsp3) is 0.125. The molecule has 0 heterocycles. The van der Waals surface area contributed by atoms with Gasteiger partial charge in [0.15, 0.2) is 9.81 Å². The third-order valence-corrected chi connectivity index (χ3v) is 8.54. The Kier molecular flexibility index (Phi) is 9.84. The van der Waals surface area contributed by atoms with Gasteiger partial charge in [0.25, 0.3) is 12.4 Å². The molecule has 0 fully saturated rings. The van der Waals surface area contributed by atoms with Gasteiger partial charge in [0.05, 0.1) is 38.3 Å². The van der Waals surface area contributed by atoms with E-state index in [9.17, 15) is 28.6 Å². The topological polar surface area (TPSA) is 157 Å². The average molecular weight is 633 g/mol. The third-order valence-electron chi connectivity index (χ3n) is 6.73. The summed E-state index contributed by atoms with van der Waals surface area (Å²) >= 11 is 0. The summed E-state index contributed by atoms with van der Waals surface area (Å²) in [5, 5.41) is 24.0. The van der Waals surface area contributed by atoms with E-state index in [1.807, 2.05) is 0 Å². The molecular formula is C32H28N2O10S. The minimum absolute atomic E-state index is 0.0401. The molecule has 0 unspecified atom stereocenters. The number of benzene rings is 4. The van der Waals surface area contributed by atoms with Gasteiger partial charge >= 0.3 is 0 Å². The molecule has 0 saturated carbocycles. The maximum absolute atomic E-state index is 14.6. The Morgan fingerprint density at radius 3 is 1.24 bits per heavy atom. The molecule has 0 spiro atoms. The molecule has 0 aliphatic heterocycles. The Hall–Kier alpha value is -5.69. The van der Waals surface area contributed by atoms with Gasteiger partial charge in [-0.1, -0.05) is 60.7 Å². The predicted molar refractivity (Wildman–Crippen MR) is 169 cm³/mol. The van der Waals surface area contributed by atoms with Crippen molar-refractivity contribution in [3.05, 3.63) is 129 Å². The Bertz CT molecular complexity index is 1770. The van der Waals surface area contributed by atoms with Crippen molar-refractivity contribution in [3.8, 4) is 45.3 Å². The Morgan fingerprint density at radius 1 is 0.600 bits per heavy atom. The molecule has 0 radical (unpaired) electrons. The van der Waals surface area contributed by atoms with E-state index in [-0.39, 0.29) is 46.5 Å². The van der Waals surface area contributed by atoms with E-state index < -0.39 is 29.5 Å². The molecule has 12 nitrogen and oxygen atoms in total. The van der Waals surface area contributed by atoms with E-state index in [1.165, 1.54) is 40.6 Å². The lowest BCUT2D eigenvalue weighted by Gasteiger charge is -2.20. The van der Waals surface area contributed by atoms with Gasteiger partial charge in [0, 0.05) is 22.3 Å². The summed E-state index contributed by atoms with van der Waals surface area (Å²) in [6.45, 7) is 0. The van der Waals surface area contributed by atoms with Gasteiger partial charge in [-0.05, 0) is 35.4 Å². The van der Waals surface area contributed by atoms with E-state index in [0.29, 0.717) is 22.3 Å². The zero-order valence-corrected chi connectivity index (χ0v) is 25.4. The van der Waals surface area contributed by atoms with Crippen molar-refractivity contribution in [2.75, 3.05) is 28.4 Å². The van der Waals surface area contributed by atoms with Crippen LogP contribution in [0.25, 0.3) is 32.1 Å². The van der Waals surface area contributed by atoms with Crippen LogP contribution in [0.3, 0.4) is 0 Å². The summed E-state index contributed by atoms with van der Waals surface area (Å²) in [5.74, 6) is 0.224. The van der Waals surface area contributed by atoms with Gasteiger partial charge in [-0.15, -0.1) is 0 Å². The monoisotopic (exact) mass is 632 g/mol. The van der Waals surface area contributed by atoms with Crippen molar-refractivity contribution >= 4 is 19.6 Å². The Morgan fingerprint density at radius 2 is 0.956 bits per heavy atom. The van der Waals surface area contributed by atoms with Crippen LogP contribution in [0.1, 0.15) is 11.1 Å². The lowest BCUT2D eigenvalue weighted by molar-refractivity contribution is -0.401. The largest absolute Gasteiger partial charge is 0.497 e. The van der Waals surface area contributed by atoms with E-state index in [2.05, 4.69) is 0 Å². The van der Waals surface area contributed by atoms with Crippen LogP contribution in [0.2, 0.25) is 0 Å².